The van der Waals surface area contributed by atoms with Crippen molar-refractivity contribution in [1.82, 2.24) is 10.3 Å². The normalized spacial score (nSPS) is 11.3. The van der Waals surface area contributed by atoms with Gasteiger partial charge >= 0.3 is 0 Å². The van der Waals surface area contributed by atoms with Crippen LogP contribution in [0.4, 0.5) is 8.78 Å². The SMILES string of the molecule is O=c1[nH]cc(CCNCC(F)F)c2ccccc12. The predicted molar refractivity (Wildman–Crippen MR) is 67.1 cm³/mol. The van der Waals surface area contributed by atoms with E-state index in [2.05, 4.69) is 10.3 Å². The van der Waals surface area contributed by atoms with Crippen LogP contribution in [0.5, 0.6) is 0 Å². The molecule has 96 valence electrons. The molecule has 1 heterocycles. The van der Waals surface area contributed by atoms with Crippen LogP contribution in [0.3, 0.4) is 0 Å². The molecule has 0 saturated heterocycles. The maximum Gasteiger partial charge on any atom is 0.255 e. The van der Waals surface area contributed by atoms with E-state index in [1.54, 1.807) is 18.3 Å². The summed E-state index contributed by atoms with van der Waals surface area (Å²) in [6.45, 7) is 0.154. The van der Waals surface area contributed by atoms with E-state index in [9.17, 15) is 13.6 Å². The average molecular weight is 252 g/mol. The number of nitrogens with one attached hydrogen (secondary N) is 2. The van der Waals surface area contributed by atoms with Crippen LogP contribution in [-0.2, 0) is 6.42 Å². The number of benzene rings is 1. The smallest absolute Gasteiger partial charge is 0.255 e. The molecule has 0 fully saturated rings. The van der Waals surface area contributed by atoms with E-state index in [4.69, 9.17) is 0 Å². The zero-order valence-corrected chi connectivity index (χ0v) is 9.75. The molecular formula is C13H14F2N2O. The van der Waals surface area contributed by atoms with Crippen molar-refractivity contribution < 1.29 is 8.78 Å². The lowest BCUT2D eigenvalue weighted by atomic mass is 10.1. The van der Waals surface area contributed by atoms with E-state index in [1.165, 1.54) is 0 Å². The third-order valence-corrected chi connectivity index (χ3v) is 2.76. The third-order valence-electron chi connectivity index (χ3n) is 2.76. The van der Waals surface area contributed by atoms with Crippen molar-refractivity contribution in [3.8, 4) is 0 Å². The number of hydrogen-bond acceptors (Lipinski definition) is 2. The second-order valence-corrected chi connectivity index (χ2v) is 4.03. The largest absolute Gasteiger partial charge is 0.328 e. The molecule has 5 heteroatoms. The highest BCUT2D eigenvalue weighted by Crippen LogP contribution is 2.14. The number of hydrogen-bond donors (Lipinski definition) is 2. The molecule has 0 aliphatic carbocycles. The molecule has 0 saturated carbocycles. The van der Waals surface area contributed by atoms with Gasteiger partial charge in [0, 0.05) is 11.6 Å². The van der Waals surface area contributed by atoms with E-state index < -0.39 is 6.43 Å². The molecule has 0 aliphatic heterocycles. The lowest BCUT2D eigenvalue weighted by Crippen LogP contribution is -2.23. The number of halogens is 2. The first-order valence-electron chi connectivity index (χ1n) is 5.76. The van der Waals surface area contributed by atoms with Crippen LogP contribution < -0.4 is 10.9 Å². The molecule has 3 nitrogen and oxygen atoms in total. The number of aromatic nitrogens is 1. The van der Waals surface area contributed by atoms with Gasteiger partial charge in [-0.3, -0.25) is 4.79 Å². The van der Waals surface area contributed by atoms with Crippen molar-refractivity contribution >= 4 is 10.8 Å². The fourth-order valence-electron chi connectivity index (χ4n) is 1.91. The van der Waals surface area contributed by atoms with Crippen LogP contribution in [-0.4, -0.2) is 24.5 Å². The summed E-state index contributed by atoms with van der Waals surface area (Å²) in [5.41, 5.74) is 0.821. The van der Waals surface area contributed by atoms with E-state index in [-0.39, 0.29) is 12.1 Å². The Balaban J connectivity index is 2.14. The van der Waals surface area contributed by atoms with Crippen LogP contribution in [0.15, 0.2) is 35.3 Å². The maximum atomic E-state index is 12.0. The Bertz CT molecular complexity index is 580. The van der Waals surface area contributed by atoms with E-state index in [0.717, 1.165) is 10.9 Å². The first-order chi connectivity index (χ1) is 8.68. The molecule has 0 spiro atoms. The standard InChI is InChI=1S/C13H14F2N2O/c14-12(15)8-16-6-5-9-7-17-13(18)11-4-2-1-3-10(9)11/h1-4,7,12,16H,5-6,8H2,(H,17,18). The van der Waals surface area contributed by atoms with Gasteiger partial charge in [0.15, 0.2) is 0 Å². The highest BCUT2D eigenvalue weighted by atomic mass is 19.3. The summed E-state index contributed by atoms with van der Waals surface area (Å²) in [7, 11) is 0. The zero-order valence-electron chi connectivity index (χ0n) is 9.75. The molecule has 2 rings (SSSR count). The summed E-state index contributed by atoms with van der Waals surface area (Å²) >= 11 is 0. The van der Waals surface area contributed by atoms with Crippen LogP contribution in [0.25, 0.3) is 10.8 Å². The topological polar surface area (TPSA) is 44.9 Å². The van der Waals surface area contributed by atoms with Gasteiger partial charge in [-0.05, 0) is 30.0 Å². The quantitative estimate of drug-likeness (QED) is 0.799. The Kier molecular flexibility index (Phi) is 4.04. The molecule has 0 bridgehead atoms. The summed E-state index contributed by atoms with van der Waals surface area (Å²) < 4.78 is 23.9. The first-order valence-corrected chi connectivity index (χ1v) is 5.76. The molecule has 1 aromatic heterocycles. The van der Waals surface area contributed by atoms with Gasteiger partial charge < -0.3 is 10.3 Å². The Morgan fingerprint density at radius 2 is 1.94 bits per heavy atom. The van der Waals surface area contributed by atoms with E-state index in [1.807, 2.05) is 12.1 Å². The molecule has 0 atom stereocenters. The van der Waals surface area contributed by atoms with E-state index >= 15 is 0 Å². The molecule has 1 aromatic carbocycles. The average Bonchev–Trinajstić information content (AvgIpc) is 2.37. The number of fused-ring (bicyclic) bond motifs is 1. The molecule has 2 N–H and O–H groups in total. The summed E-state index contributed by atoms with van der Waals surface area (Å²) in [5, 5.41) is 4.17. The summed E-state index contributed by atoms with van der Waals surface area (Å²) in [6.07, 6.45) is -0.0871. The van der Waals surface area contributed by atoms with E-state index in [0.29, 0.717) is 18.4 Å². The molecule has 0 radical (unpaired) electrons. The molecule has 0 unspecified atom stereocenters. The van der Waals surface area contributed by atoms with Gasteiger partial charge in [-0.1, -0.05) is 18.2 Å². The number of pyridine rings is 1. The van der Waals surface area contributed by atoms with Crippen molar-refractivity contribution in [2.24, 2.45) is 0 Å². The second-order valence-electron chi connectivity index (χ2n) is 4.03. The number of aromatic amines is 1. The first kappa shape index (κ1) is 12.7. The van der Waals surface area contributed by atoms with Crippen molar-refractivity contribution in [3.05, 3.63) is 46.4 Å². The van der Waals surface area contributed by atoms with Crippen molar-refractivity contribution in [1.29, 1.82) is 0 Å². The van der Waals surface area contributed by atoms with Gasteiger partial charge in [-0.25, -0.2) is 8.78 Å². The second kappa shape index (κ2) is 5.73. The van der Waals surface area contributed by atoms with Gasteiger partial charge in [0.2, 0.25) is 0 Å². The minimum atomic E-state index is -2.34. The van der Waals surface area contributed by atoms with Crippen LogP contribution >= 0.6 is 0 Å². The van der Waals surface area contributed by atoms with Crippen molar-refractivity contribution in [2.45, 2.75) is 12.8 Å². The number of H-pyrrole nitrogens is 1. The molecule has 18 heavy (non-hydrogen) atoms. The predicted octanol–water partition coefficient (Wildman–Crippen LogP) is 1.93. The van der Waals surface area contributed by atoms with Gasteiger partial charge in [0.25, 0.3) is 12.0 Å². The maximum absolute atomic E-state index is 12.0. The zero-order chi connectivity index (χ0) is 13.0. The summed E-state index contributed by atoms with van der Waals surface area (Å²) in [4.78, 5) is 14.2. The monoisotopic (exact) mass is 252 g/mol. The van der Waals surface area contributed by atoms with Gasteiger partial charge in [-0.15, -0.1) is 0 Å². The Morgan fingerprint density at radius 3 is 2.67 bits per heavy atom. The Labute approximate surface area is 103 Å². The summed E-state index contributed by atoms with van der Waals surface area (Å²) in [5.74, 6) is 0. The van der Waals surface area contributed by atoms with Crippen molar-refractivity contribution in [3.63, 3.8) is 0 Å². The van der Waals surface area contributed by atoms with Crippen LogP contribution in [0, 0.1) is 0 Å². The minimum Gasteiger partial charge on any atom is -0.328 e. The van der Waals surface area contributed by atoms with Crippen LogP contribution in [0.2, 0.25) is 0 Å². The molecule has 0 aliphatic rings. The lowest BCUT2D eigenvalue weighted by molar-refractivity contribution is 0.146. The van der Waals surface area contributed by atoms with Crippen molar-refractivity contribution in [2.75, 3.05) is 13.1 Å². The van der Waals surface area contributed by atoms with Gasteiger partial charge in [-0.2, -0.15) is 0 Å². The van der Waals surface area contributed by atoms with Gasteiger partial charge in [0.1, 0.15) is 0 Å². The number of rotatable bonds is 5. The fraction of sp³-hybridized carbons (Fsp3) is 0.308. The Morgan fingerprint density at radius 1 is 1.22 bits per heavy atom. The fourth-order valence-corrected chi connectivity index (χ4v) is 1.91. The number of alkyl halides is 2. The molecule has 0 amide bonds. The van der Waals surface area contributed by atoms with Crippen LogP contribution in [0.1, 0.15) is 5.56 Å². The highest BCUT2D eigenvalue weighted by Gasteiger charge is 2.05. The summed E-state index contributed by atoms with van der Waals surface area (Å²) in [6, 6.07) is 7.28. The minimum absolute atomic E-state index is 0.130. The lowest BCUT2D eigenvalue weighted by Gasteiger charge is -2.07. The van der Waals surface area contributed by atoms with Gasteiger partial charge in [0.05, 0.1) is 6.54 Å². The Hall–Kier alpha value is -1.75. The molecular weight excluding hydrogens is 238 g/mol. The highest BCUT2D eigenvalue weighted by molar-refractivity contribution is 5.84. The third kappa shape index (κ3) is 2.92. The molecule has 2 aromatic rings.